The molecule has 2 amide bonds. The molecule has 2 aliphatic rings. The summed E-state index contributed by atoms with van der Waals surface area (Å²) in [6, 6.07) is 3.84. The van der Waals surface area contributed by atoms with E-state index in [1.165, 1.54) is 6.42 Å². The smallest absolute Gasteiger partial charge is 0.254 e. The lowest BCUT2D eigenvalue weighted by Crippen LogP contribution is -2.41. The zero-order chi connectivity index (χ0) is 18.0. The highest BCUT2D eigenvalue weighted by Gasteiger charge is 2.31. The van der Waals surface area contributed by atoms with E-state index in [0.29, 0.717) is 19.6 Å². The van der Waals surface area contributed by atoms with Crippen LogP contribution in [0.25, 0.3) is 0 Å². The Morgan fingerprint density at radius 1 is 0.960 bits per heavy atom. The molecule has 1 saturated heterocycles. The van der Waals surface area contributed by atoms with Crippen LogP contribution in [0.1, 0.15) is 47.2 Å². The first-order valence-corrected chi connectivity index (χ1v) is 9.24. The van der Waals surface area contributed by atoms with Crippen molar-refractivity contribution in [2.24, 2.45) is 5.92 Å². The van der Waals surface area contributed by atoms with Crippen molar-refractivity contribution in [3.05, 3.63) is 28.8 Å². The summed E-state index contributed by atoms with van der Waals surface area (Å²) >= 11 is 0. The summed E-state index contributed by atoms with van der Waals surface area (Å²) in [5, 5.41) is 0. The molecular weight excluding hydrogens is 316 g/mol. The van der Waals surface area contributed by atoms with Crippen molar-refractivity contribution in [1.82, 2.24) is 9.80 Å². The van der Waals surface area contributed by atoms with Gasteiger partial charge in [-0.25, -0.2) is 0 Å². The molecule has 1 aliphatic carbocycles. The molecule has 2 fully saturated rings. The van der Waals surface area contributed by atoms with E-state index in [1.807, 2.05) is 35.8 Å². The molecule has 0 bridgehead atoms. The second-order valence-electron chi connectivity index (χ2n) is 7.24. The molecule has 1 aliphatic heterocycles. The number of nitrogens with zero attached hydrogens (tertiary/aromatic N) is 2. The molecule has 0 atom stereocenters. The molecule has 0 aromatic heterocycles. The Hall–Kier alpha value is -2.04. The number of methoxy groups -OCH3 is 1. The number of aryl methyl sites for hydroxylation is 2. The van der Waals surface area contributed by atoms with Gasteiger partial charge in [0.15, 0.2) is 0 Å². The lowest BCUT2D eigenvalue weighted by molar-refractivity contribution is -0.138. The maximum Gasteiger partial charge on any atom is 0.254 e. The number of carbonyl (C=O) groups is 2. The summed E-state index contributed by atoms with van der Waals surface area (Å²) in [6.45, 7) is 6.63. The Morgan fingerprint density at radius 3 is 2.28 bits per heavy atom. The Kier molecular flexibility index (Phi) is 5.30. The van der Waals surface area contributed by atoms with Gasteiger partial charge in [-0.1, -0.05) is 6.42 Å². The van der Waals surface area contributed by atoms with Gasteiger partial charge in [0.1, 0.15) is 5.75 Å². The SMILES string of the molecule is COc1cc(C)c(C(=O)N2CCCN(C(=O)C3CCC3)CC2)cc1C. The van der Waals surface area contributed by atoms with Gasteiger partial charge in [0.25, 0.3) is 5.91 Å². The zero-order valence-corrected chi connectivity index (χ0v) is 15.5. The van der Waals surface area contributed by atoms with Crippen LogP contribution < -0.4 is 4.74 Å². The first-order valence-electron chi connectivity index (χ1n) is 9.24. The minimum Gasteiger partial charge on any atom is -0.496 e. The van der Waals surface area contributed by atoms with E-state index in [2.05, 4.69) is 0 Å². The van der Waals surface area contributed by atoms with E-state index in [9.17, 15) is 9.59 Å². The number of benzene rings is 1. The van der Waals surface area contributed by atoms with Gasteiger partial charge in [0.05, 0.1) is 7.11 Å². The van der Waals surface area contributed by atoms with Gasteiger partial charge in [0, 0.05) is 37.7 Å². The monoisotopic (exact) mass is 344 g/mol. The van der Waals surface area contributed by atoms with Gasteiger partial charge in [-0.15, -0.1) is 0 Å². The summed E-state index contributed by atoms with van der Waals surface area (Å²) in [5.41, 5.74) is 2.63. The van der Waals surface area contributed by atoms with Crippen LogP contribution in [0, 0.1) is 19.8 Å². The van der Waals surface area contributed by atoms with Crippen molar-refractivity contribution >= 4 is 11.8 Å². The van der Waals surface area contributed by atoms with Gasteiger partial charge in [-0.3, -0.25) is 9.59 Å². The third-order valence-corrected chi connectivity index (χ3v) is 5.52. The van der Waals surface area contributed by atoms with Gasteiger partial charge < -0.3 is 14.5 Å². The predicted molar refractivity (Wildman–Crippen MR) is 96.9 cm³/mol. The first-order chi connectivity index (χ1) is 12.0. The lowest BCUT2D eigenvalue weighted by Gasteiger charge is -2.31. The average molecular weight is 344 g/mol. The molecule has 5 nitrogen and oxygen atoms in total. The van der Waals surface area contributed by atoms with E-state index in [1.54, 1.807) is 7.11 Å². The third-order valence-electron chi connectivity index (χ3n) is 5.52. The molecule has 0 N–H and O–H groups in total. The third kappa shape index (κ3) is 3.65. The summed E-state index contributed by atoms with van der Waals surface area (Å²) in [4.78, 5) is 29.3. The molecule has 1 saturated carbocycles. The van der Waals surface area contributed by atoms with Crippen LogP contribution >= 0.6 is 0 Å². The molecule has 0 unspecified atom stereocenters. The molecule has 0 spiro atoms. The molecule has 0 radical (unpaired) electrons. The van der Waals surface area contributed by atoms with E-state index in [4.69, 9.17) is 4.74 Å². The van der Waals surface area contributed by atoms with Crippen LogP contribution in [0.3, 0.4) is 0 Å². The molecule has 1 aromatic carbocycles. The highest BCUT2D eigenvalue weighted by molar-refractivity contribution is 5.96. The van der Waals surface area contributed by atoms with Crippen LogP contribution in [0.15, 0.2) is 12.1 Å². The Bertz CT molecular complexity index is 667. The molecule has 25 heavy (non-hydrogen) atoms. The molecule has 5 heteroatoms. The van der Waals surface area contributed by atoms with Crippen molar-refractivity contribution in [3.63, 3.8) is 0 Å². The number of rotatable bonds is 3. The van der Waals surface area contributed by atoms with E-state index >= 15 is 0 Å². The minimum atomic E-state index is 0.0567. The average Bonchev–Trinajstić information content (AvgIpc) is 2.80. The normalized spacial score (nSPS) is 18.5. The summed E-state index contributed by atoms with van der Waals surface area (Å²) < 4.78 is 5.34. The second-order valence-corrected chi connectivity index (χ2v) is 7.24. The van der Waals surface area contributed by atoms with Crippen LogP contribution in [-0.2, 0) is 4.79 Å². The Labute approximate surface area is 149 Å². The molecule has 1 heterocycles. The highest BCUT2D eigenvalue weighted by atomic mass is 16.5. The number of carbonyl (C=O) groups excluding carboxylic acids is 2. The topological polar surface area (TPSA) is 49.9 Å². The molecule has 1 aromatic rings. The second kappa shape index (κ2) is 7.46. The van der Waals surface area contributed by atoms with Gasteiger partial charge in [0.2, 0.25) is 5.91 Å². The van der Waals surface area contributed by atoms with E-state index in [0.717, 1.165) is 48.2 Å². The first kappa shape index (κ1) is 17.8. The zero-order valence-electron chi connectivity index (χ0n) is 15.5. The highest BCUT2D eigenvalue weighted by Crippen LogP contribution is 2.29. The molecule has 136 valence electrons. The van der Waals surface area contributed by atoms with E-state index in [-0.39, 0.29) is 17.7 Å². The number of hydrogen-bond donors (Lipinski definition) is 0. The van der Waals surface area contributed by atoms with Crippen LogP contribution in [0.5, 0.6) is 5.75 Å². The number of hydrogen-bond acceptors (Lipinski definition) is 3. The summed E-state index contributed by atoms with van der Waals surface area (Å²) in [6.07, 6.45) is 4.08. The van der Waals surface area contributed by atoms with E-state index < -0.39 is 0 Å². The lowest BCUT2D eigenvalue weighted by atomic mass is 9.84. The van der Waals surface area contributed by atoms with Gasteiger partial charge >= 0.3 is 0 Å². The summed E-state index contributed by atoms with van der Waals surface area (Å²) in [5.74, 6) is 1.38. The van der Waals surface area contributed by atoms with Crippen molar-refractivity contribution in [1.29, 1.82) is 0 Å². The summed E-state index contributed by atoms with van der Waals surface area (Å²) in [7, 11) is 1.64. The van der Waals surface area contributed by atoms with Crippen molar-refractivity contribution in [3.8, 4) is 5.75 Å². The Balaban J connectivity index is 1.69. The van der Waals surface area contributed by atoms with Gasteiger partial charge in [-0.05, 0) is 56.4 Å². The van der Waals surface area contributed by atoms with Crippen molar-refractivity contribution in [2.45, 2.75) is 39.5 Å². The van der Waals surface area contributed by atoms with Crippen LogP contribution in [0.4, 0.5) is 0 Å². The van der Waals surface area contributed by atoms with Crippen LogP contribution in [0.2, 0.25) is 0 Å². The van der Waals surface area contributed by atoms with Crippen molar-refractivity contribution in [2.75, 3.05) is 33.3 Å². The Morgan fingerprint density at radius 2 is 1.64 bits per heavy atom. The minimum absolute atomic E-state index is 0.0567. The predicted octanol–water partition coefficient (Wildman–Crippen LogP) is 2.79. The quantitative estimate of drug-likeness (QED) is 0.847. The number of amides is 2. The standard InChI is InChI=1S/C20H28N2O3/c1-14-13-18(25-3)15(2)12-17(14)20(24)22-9-5-8-21(10-11-22)19(23)16-6-4-7-16/h12-13,16H,4-11H2,1-3H3. The largest absolute Gasteiger partial charge is 0.496 e. The maximum atomic E-state index is 13.0. The fourth-order valence-corrected chi connectivity index (χ4v) is 3.66. The fraction of sp³-hybridized carbons (Fsp3) is 0.600. The van der Waals surface area contributed by atoms with Gasteiger partial charge in [-0.2, -0.15) is 0 Å². The van der Waals surface area contributed by atoms with Crippen LogP contribution in [-0.4, -0.2) is 54.9 Å². The van der Waals surface area contributed by atoms with Crippen molar-refractivity contribution < 1.29 is 14.3 Å². The fourth-order valence-electron chi connectivity index (χ4n) is 3.66. The molecule has 3 rings (SSSR count). The molecular formula is C20H28N2O3. The number of ether oxygens (including phenoxy) is 1. The maximum absolute atomic E-state index is 13.0.